The second-order valence-corrected chi connectivity index (χ2v) is 5.46. The van der Waals surface area contributed by atoms with Gasteiger partial charge in [0.25, 0.3) is 0 Å². The van der Waals surface area contributed by atoms with E-state index in [1.165, 1.54) is 5.56 Å². The Balaban J connectivity index is 1.77. The van der Waals surface area contributed by atoms with Crippen molar-refractivity contribution in [3.05, 3.63) is 29.8 Å². The Hall–Kier alpha value is -1.55. The number of hydrogen-bond donors (Lipinski definition) is 1. The zero-order valence-corrected chi connectivity index (χ0v) is 12.4. The fraction of sp³-hybridized carbons (Fsp3) is 0.562. The molecule has 0 bridgehead atoms. The van der Waals surface area contributed by atoms with Crippen LogP contribution in [0.15, 0.2) is 24.3 Å². The van der Waals surface area contributed by atoms with Crippen LogP contribution in [0.2, 0.25) is 0 Å². The highest BCUT2D eigenvalue weighted by atomic mass is 16.5. The maximum atomic E-state index is 12.0. The van der Waals surface area contributed by atoms with Gasteiger partial charge in [0, 0.05) is 26.2 Å². The van der Waals surface area contributed by atoms with Crippen LogP contribution in [0.3, 0.4) is 0 Å². The number of piperazine rings is 1. The van der Waals surface area contributed by atoms with Gasteiger partial charge in [0.1, 0.15) is 5.75 Å². The molecule has 110 valence electrons. The van der Waals surface area contributed by atoms with Crippen molar-refractivity contribution in [2.24, 2.45) is 0 Å². The second-order valence-electron chi connectivity index (χ2n) is 5.46. The Morgan fingerprint density at radius 1 is 1.35 bits per heavy atom. The normalized spacial score (nSPS) is 15.4. The average Bonchev–Trinajstić information content (AvgIpc) is 2.48. The van der Waals surface area contributed by atoms with E-state index in [1.54, 1.807) is 0 Å². The molecule has 0 saturated carbocycles. The van der Waals surface area contributed by atoms with Crippen LogP contribution in [0, 0.1) is 0 Å². The highest BCUT2D eigenvalue weighted by Gasteiger charge is 2.15. The van der Waals surface area contributed by atoms with Crippen molar-refractivity contribution in [2.75, 3.05) is 32.8 Å². The molecule has 1 N–H and O–H groups in total. The number of ether oxygens (including phenoxy) is 1. The third kappa shape index (κ3) is 4.23. The van der Waals surface area contributed by atoms with Gasteiger partial charge in [-0.1, -0.05) is 26.0 Å². The smallest absolute Gasteiger partial charge is 0.226 e. The van der Waals surface area contributed by atoms with Crippen molar-refractivity contribution in [1.29, 1.82) is 0 Å². The SMILES string of the molecule is CC(C)c1cccc(OCCC(=O)N2CCNCC2)c1. The molecule has 4 nitrogen and oxygen atoms in total. The van der Waals surface area contributed by atoms with Gasteiger partial charge in [0.2, 0.25) is 5.91 Å². The van der Waals surface area contributed by atoms with E-state index in [4.69, 9.17) is 4.74 Å². The maximum absolute atomic E-state index is 12.0. The number of carbonyl (C=O) groups excluding carboxylic acids is 1. The van der Waals surface area contributed by atoms with E-state index in [-0.39, 0.29) is 5.91 Å². The van der Waals surface area contributed by atoms with Gasteiger partial charge in [-0.3, -0.25) is 4.79 Å². The fourth-order valence-corrected chi connectivity index (χ4v) is 2.29. The van der Waals surface area contributed by atoms with Crippen LogP contribution in [0.25, 0.3) is 0 Å². The Morgan fingerprint density at radius 3 is 2.80 bits per heavy atom. The molecule has 1 saturated heterocycles. The van der Waals surface area contributed by atoms with E-state index in [1.807, 2.05) is 17.0 Å². The van der Waals surface area contributed by atoms with Gasteiger partial charge in [0.15, 0.2) is 0 Å². The first kappa shape index (κ1) is 14.9. The second kappa shape index (κ2) is 7.29. The molecule has 1 aliphatic rings. The van der Waals surface area contributed by atoms with E-state index in [2.05, 4.69) is 31.3 Å². The third-order valence-corrected chi connectivity index (χ3v) is 3.58. The lowest BCUT2D eigenvalue weighted by molar-refractivity contribution is -0.132. The van der Waals surface area contributed by atoms with Crippen LogP contribution in [0.4, 0.5) is 0 Å². The highest BCUT2D eigenvalue weighted by molar-refractivity contribution is 5.76. The van der Waals surface area contributed by atoms with Crippen molar-refractivity contribution >= 4 is 5.91 Å². The lowest BCUT2D eigenvalue weighted by atomic mass is 10.0. The number of nitrogens with zero attached hydrogens (tertiary/aromatic N) is 1. The number of rotatable bonds is 5. The summed E-state index contributed by atoms with van der Waals surface area (Å²) < 4.78 is 5.70. The molecule has 0 radical (unpaired) electrons. The Morgan fingerprint density at radius 2 is 2.10 bits per heavy atom. The third-order valence-electron chi connectivity index (χ3n) is 3.58. The van der Waals surface area contributed by atoms with E-state index in [9.17, 15) is 4.79 Å². The number of benzene rings is 1. The minimum Gasteiger partial charge on any atom is -0.493 e. The summed E-state index contributed by atoms with van der Waals surface area (Å²) in [7, 11) is 0. The first-order valence-electron chi connectivity index (χ1n) is 7.38. The molecule has 1 fully saturated rings. The predicted octanol–water partition coefficient (Wildman–Crippen LogP) is 2.01. The Labute approximate surface area is 121 Å². The quantitative estimate of drug-likeness (QED) is 0.894. The van der Waals surface area contributed by atoms with Gasteiger partial charge < -0.3 is 15.0 Å². The van der Waals surface area contributed by atoms with Gasteiger partial charge >= 0.3 is 0 Å². The van der Waals surface area contributed by atoms with Gasteiger partial charge in [-0.15, -0.1) is 0 Å². The molecule has 0 spiro atoms. The monoisotopic (exact) mass is 276 g/mol. The van der Waals surface area contributed by atoms with Gasteiger partial charge in [-0.2, -0.15) is 0 Å². The lowest BCUT2D eigenvalue weighted by Gasteiger charge is -2.27. The molecule has 1 amide bonds. The van der Waals surface area contributed by atoms with E-state index >= 15 is 0 Å². The minimum atomic E-state index is 0.187. The molecular formula is C16H24N2O2. The van der Waals surface area contributed by atoms with Crippen LogP contribution in [0.5, 0.6) is 5.75 Å². The predicted molar refractivity (Wildman–Crippen MR) is 80.1 cm³/mol. The molecule has 2 rings (SSSR count). The van der Waals surface area contributed by atoms with Crippen LogP contribution in [-0.4, -0.2) is 43.6 Å². The number of nitrogens with one attached hydrogen (secondary N) is 1. The minimum absolute atomic E-state index is 0.187. The zero-order chi connectivity index (χ0) is 14.4. The van der Waals surface area contributed by atoms with Crippen molar-refractivity contribution in [2.45, 2.75) is 26.2 Å². The number of hydrogen-bond acceptors (Lipinski definition) is 3. The van der Waals surface area contributed by atoms with Gasteiger partial charge in [0.05, 0.1) is 13.0 Å². The van der Waals surface area contributed by atoms with Crippen LogP contribution < -0.4 is 10.1 Å². The van der Waals surface area contributed by atoms with E-state index < -0.39 is 0 Å². The molecule has 0 aliphatic carbocycles. The van der Waals surface area contributed by atoms with Crippen LogP contribution in [0.1, 0.15) is 31.7 Å². The first-order chi connectivity index (χ1) is 9.66. The molecule has 1 aromatic rings. The van der Waals surface area contributed by atoms with Crippen molar-refractivity contribution in [3.63, 3.8) is 0 Å². The summed E-state index contributed by atoms with van der Waals surface area (Å²) in [6, 6.07) is 8.10. The average molecular weight is 276 g/mol. The van der Waals surface area contributed by atoms with E-state index in [0.717, 1.165) is 31.9 Å². The fourth-order valence-electron chi connectivity index (χ4n) is 2.29. The summed E-state index contributed by atoms with van der Waals surface area (Å²) in [5, 5.41) is 3.24. The van der Waals surface area contributed by atoms with Crippen LogP contribution in [-0.2, 0) is 4.79 Å². The summed E-state index contributed by atoms with van der Waals surface area (Å²) >= 11 is 0. The number of amides is 1. The summed E-state index contributed by atoms with van der Waals surface area (Å²) in [5.41, 5.74) is 1.26. The van der Waals surface area contributed by atoms with Crippen molar-refractivity contribution in [3.8, 4) is 5.75 Å². The van der Waals surface area contributed by atoms with Crippen molar-refractivity contribution in [1.82, 2.24) is 10.2 Å². The first-order valence-corrected chi connectivity index (χ1v) is 7.38. The Bertz CT molecular complexity index is 440. The molecule has 0 atom stereocenters. The molecule has 4 heteroatoms. The number of carbonyl (C=O) groups is 1. The largest absolute Gasteiger partial charge is 0.493 e. The highest BCUT2D eigenvalue weighted by Crippen LogP contribution is 2.20. The summed E-state index contributed by atoms with van der Waals surface area (Å²) in [4.78, 5) is 13.9. The van der Waals surface area contributed by atoms with Gasteiger partial charge in [-0.25, -0.2) is 0 Å². The summed E-state index contributed by atoms with van der Waals surface area (Å²) in [5.74, 6) is 1.52. The molecule has 1 aromatic carbocycles. The maximum Gasteiger partial charge on any atom is 0.226 e. The summed E-state index contributed by atoms with van der Waals surface area (Å²) in [6.45, 7) is 8.17. The lowest BCUT2D eigenvalue weighted by Crippen LogP contribution is -2.46. The van der Waals surface area contributed by atoms with Crippen molar-refractivity contribution < 1.29 is 9.53 Å². The molecular weight excluding hydrogens is 252 g/mol. The van der Waals surface area contributed by atoms with Gasteiger partial charge in [-0.05, 0) is 23.6 Å². The molecule has 1 heterocycles. The molecule has 1 aliphatic heterocycles. The zero-order valence-electron chi connectivity index (χ0n) is 12.4. The molecule has 0 unspecified atom stereocenters. The summed E-state index contributed by atoms with van der Waals surface area (Å²) in [6.07, 6.45) is 0.450. The van der Waals surface area contributed by atoms with E-state index in [0.29, 0.717) is 18.9 Å². The Kier molecular flexibility index (Phi) is 5.41. The topological polar surface area (TPSA) is 41.6 Å². The van der Waals surface area contributed by atoms with Crippen LogP contribution >= 0.6 is 0 Å². The standard InChI is InChI=1S/C16H24N2O2/c1-13(2)14-4-3-5-15(12-14)20-11-6-16(19)18-9-7-17-8-10-18/h3-5,12-13,17H,6-11H2,1-2H3. The molecule has 20 heavy (non-hydrogen) atoms. The molecule has 0 aromatic heterocycles.